The minimum Gasteiger partial charge on any atom is -0.102 e. The zero-order chi connectivity index (χ0) is 7.68. The van der Waals surface area contributed by atoms with E-state index in [2.05, 4.69) is 19.4 Å². The van der Waals surface area contributed by atoms with Crippen LogP contribution in [-0.2, 0) is 0 Å². The third-order valence-electron chi connectivity index (χ3n) is 1.64. The molecular formula is C9H7BCl. The molecule has 0 atom stereocenters. The van der Waals surface area contributed by atoms with Gasteiger partial charge in [-0.15, -0.1) is 5.47 Å². The molecule has 0 aliphatic heterocycles. The van der Waals surface area contributed by atoms with Crippen molar-refractivity contribution < 1.29 is 0 Å². The van der Waals surface area contributed by atoms with Crippen LogP contribution >= 0.6 is 11.6 Å². The molecule has 1 aliphatic rings. The molecule has 0 saturated heterocycles. The van der Waals surface area contributed by atoms with E-state index in [0.29, 0.717) is 0 Å². The summed E-state index contributed by atoms with van der Waals surface area (Å²) in [6.45, 7) is 0. The Hall–Kier alpha value is -0.685. The summed E-state index contributed by atoms with van der Waals surface area (Å²) in [5, 5.41) is 0.806. The Morgan fingerprint density at radius 3 is 2.82 bits per heavy atom. The van der Waals surface area contributed by atoms with Crippen LogP contribution in [0.5, 0.6) is 0 Å². The van der Waals surface area contributed by atoms with E-state index in [1.54, 1.807) is 0 Å². The number of allylic oxidation sites excluding steroid dienone is 2. The molecule has 0 heterocycles. The van der Waals surface area contributed by atoms with E-state index in [0.717, 1.165) is 11.4 Å². The van der Waals surface area contributed by atoms with Crippen LogP contribution in [-0.4, -0.2) is 7.28 Å². The summed E-state index contributed by atoms with van der Waals surface area (Å²) in [5.41, 5.74) is 2.61. The molecule has 0 amide bonds. The van der Waals surface area contributed by atoms with Crippen molar-refractivity contribution in [2.45, 2.75) is 6.42 Å². The molecule has 1 aliphatic carbocycles. The molecule has 1 aromatic rings. The highest BCUT2D eigenvalue weighted by atomic mass is 35.5. The number of halogens is 1. The largest absolute Gasteiger partial charge is 0.185 e. The first-order chi connectivity index (χ1) is 5.34. The Kier molecular flexibility index (Phi) is 1.75. The Morgan fingerprint density at radius 2 is 2.18 bits per heavy atom. The first-order valence-corrected chi connectivity index (χ1v) is 4.02. The quantitative estimate of drug-likeness (QED) is 0.582. The maximum Gasteiger partial charge on any atom is 0.185 e. The summed E-state index contributed by atoms with van der Waals surface area (Å²) in [6.07, 6.45) is 3.34. The first-order valence-electron chi connectivity index (χ1n) is 3.64. The standard InChI is InChI=1S/C9H7BCl/c11-9-3-1-2-8(6-9)10-7-4-5-7/h1-4,6H,5H2. The van der Waals surface area contributed by atoms with Gasteiger partial charge in [0.05, 0.1) is 0 Å². The van der Waals surface area contributed by atoms with Crippen LogP contribution in [0.3, 0.4) is 0 Å². The molecule has 11 heavy (non-hydrogen) atoms. The van der Waals surface area contributed by atoms with Crippen LogP contribution < -0.4 is 5.46 Å². The van der Waals surface area contributed by atoms with E-state index < -0.39 is 0 Å². The second-order valence-electron chi connectivity index (χ2n) is 2.68. The van der Waals surface area contributed by atoms with Crippen molar-refractivity contribution in [3.8, 4) is 0 Å². The van der Waals surface area contributed by atoms with Crippen molar-refractivity contribution >= 4 is 24.3 Å². The average molecular weight is 161 g/mol. The fraction of sp³-hybridized carbons (Fsp3) is 0.111. The summed E-state index contributed by atoms with van der Waals surface area (Å²) in [6, 6.07) is 7.89. The van der Waals surface area contributed by atoms with Crippen molar-refractivity contribution in [1.29, 1.82) is 0 Å². The van der Waals surface area contributed by atoms with Crippen molar-refractivity contribution in [2.24, 2.45) is 0 Å². The lowest BCUT2D eigenvalue weighted by molar-refractivity contribution is 1.66. The van der Waals surface area contributed by atoms with Crippen LogP contribution in [0, 0.1) is 0 Å². The summed E-state index contributed by atoms with van der Waals surface area (Å²) < 4.78 is 0. The summed E-state index contributed by atoms with van der Waals surface area (Å²) >= 11 is 5.81. The van der Waals surface area contributed by atoms with Crippen LogP contribution in [0.25, 0.3) is 0 Å². The van der Waals surface area contributed by atoms with Gasteiger partial charge in [-0.25, -0.2) is 0 Å². The molecular weight excluding hydrogens is 154 g/mol. The van der Waals surface area contributed by atoms with Crippen molar-refractivity contribution in [3.05, 3.63) is 40.8 Å². The van der Waals surface area contributed by atoms with Gasteiger partial charge >= 0.3 is 0 Å². The van der Waals surface area contributed by atoms with Gasteiger partial charge in [0.25, 0.3) is 0 Å². The van der Waals surface area contributed by atoms with Crippen LogP contribution in [0.2, 0.25) is 5.02 Å². The second-order valence-corrected chi connectivity index (χ2v) is 3.12. The fourth-order valence-electron chi connectivity index (χ4n) is 0.987. The number of hydrogen-bond donors (Lipinski definition) is 0. The summed E-state index contributed by atoms with van der Waals surface area (Å²) in [5.74, 6) is 0. The normalized spacial score (nSPS) is 14.1. The predicted molar refractivity (Wildman–Crippen MR) is 49.5 cm³/mol. The van der Waals surface area contributed by atoms with Crippen molar-refractivity contribution in [2.75, 3.05) is 0 Å². The lowest BCUT2D eigenvalue weighted by Crippen LogP contribution is -2.12. The third-order valence-corrected chi connectivity index (χ3v) is 1.88. The molecule has 2 rings (SSSR count). The molecule has 0 nitrogen and oxygen atoms in total. The Balaban J connectivity index is 2.16. The molecule has 0 aromatic heterocycles. The second kappa shape index (κ2) is 2.75. The molecule has 2 heteroatoms. The molecule has 0 fully saturated rings. The number of hydrogen-bond acceptors (Lipinski definition) is 0. The van der Waals surface area contributed by atoms with Gasteiger partial charge in [0.2, 0.25) is 0 Å². The topological polar surface area (TPSA) is 0 Å². The number of benzene rings is 1. The lowest BCUT2D eigenvalue weighted by Gasteiger charge is -1.95. The minimum atomic E-state index is 0.806. The molecule has 1 aromatic carbocycles. The van der Waals surface area contributed by atoms with Crippen molar-refractivity contribution in [1.82, 2.24) is 0 Å². The van der Waals surface area contributed by atoms with Crippen LogP contribution in [0.15, 0.2) is 35.8 Å². The van der Waals surface area contributed by atoms with E-state index in [1.807, 2.05) is 18.2 Å². The molecule has 0 saturated carbocycles. The monoisotopic (exact) mass is 161 g/mol. The van der Waals surface area contributed by atoms with Gasteiger partial charge in [-0.1, -0.05) is 35.3 Å². The molecule has 0 bridgehead atoms. The van der Waals surface area contributed by atoms with E-state index in [4.69, 9.17) is 11.6 Å². The maximum absolute atomic E-state index is 5.81. The molecule has 53 valence electrons. The van der Waals surface area contributed by atoms with E-state index in [-0.39, 0.29) is 0 Å². The Bertz CT molecular complexity index is 304. The molecule has 1 radical (unpaired) electrons. The van der Waals surface area contributed by atoms with Gasteiger partial charge in [0.15, 0.2) is 7.28 Å². The van der Waals surface area contributed by atoms with Gasteiger partial charge < -0.3 is 0 Å². The molecule has 0 spiro atoms. The van der Waals surface area contributed by atoms with Crippen LogP contribution in [0.1, 0.15) is 6.42 Å². The van der Waals surface area contributed by atoms with E-state index in [1.165, 1.54) is 10.9 Å². The SMILES string of the molecule is Clc1cccc([B]C2=CC2)c1. The Morgan fingerprint density at radius 1 is 1.36 bits per heavy atom. The summed E-state index contributed by atoms with van der Waals surface area (Å²) in [4.78, 5) is 0. The zero-order valence-electron chi connectivity index (χ0n) is 6.05. The lowest BCUT2D eigenvalue weighted by atomic mass is 9.67. The minimum absolute atomic E-state index is 0.806. The van der Waals surface area contributed by atoms with Gasteiger partial charge in [0.1, 0.15) is 0 Å². The third kappa shape index (κ3) is 1.87. The van der Waals surface area contributed by atoms with E-state index in [9.17, 15) is 0 Å². The number of rotatable bonds is 2. The van der Waals surface area contributed by atoms with Gasteiger partial charge in [-0.3, -0.25) is 0 Å². The van der Waals surface area contributed by atoms with Crippen LogP contribution in [0.4, 0.5) is 0 Å². The van der Waals surface area contributed by atoms with Gasteiger partial charge in [-0.2, -0.15) is 0 Å². The zero-order valence-corrected chi connectivity index (χ0v) is 6.81. The molecule has 0 N–H and O–H groups in total. The first kappa shape index (κ1) is 6.99. The van der Waals surface area contributed by atoms with E-state index >= 15 is 0 Å². The highest BCUT2D eigenvalue weighted by Gasteiger charge is 2.09. The highest BCUT2D eigenvalue weighted by Crippen LogP contribution is 2.16. The smallest absolute Gasteiger partial charge is 0.102 e. The van der Waals surface area contributed by atoms with Gasteiger partial charge in [0, 0.05) is 5.02 Å². The van der Waals surface area contributed by atoms with Gasteiger partial charge in [-0.05, 0) is 18.6 Å². The molecule has 0 unspecified atom stereocenters. The highest BCUT2D eigenvalue weighted by molar-refractivity contribution is 6.62. The fourth-order valence-corrected chi connectivity index (χ4v) is 1.19. The predicted octanol–water partition coefficient (Wildman–Crippen LogP) is 1.96. The Labute approximate surface area is 72.1 Å². The maximum atomic E-state index is 5.81. The average Bonchev–Trinajstić information content (AvgIpc) is 2.71. The van der Waals surface area contributed by atoms with Crippen molar-refractivity contribution in [3.63, 3.8) is 0 Å². The summed E-state index contributed by atoms with van der Waals surface area (Å²) in [7, 11) is 2.16.